The van der Waals surface area contributed by atoms with Gasteiger partial charge in [-0.15, -0.1) is 5.16 Å². The zero-order chi connectivity index (χ0) is 21.4. The molecule has 8 atom stereocenters. The Kier molecular flexibility index (Phi) is 4.45. The minimum absolute atomic E-state index is 0.00749. The first-order valence-electron chi connectivity index (χ1n) is 11.4. The highest BCUT2D eigenvalue weighted by Gasteiger charge is 2.71. The highest BCUT2D eigenvalue weighted by molar-refractivity contribution is 5.85. The van der Waals surface area contributed by atoms with Crippen LogP contribution in [0.15, 0.2) is 16.8 Å². The van der Waals surface area contributed by atoms with Gasteiger partial charge in [0.2, 0.25) is 0 Å². The molecular formula is C23H33NO6. The van der Waals surface area contributed by atoms with Crippen LogP contribution < -0.4 is 0 Å². The van der Waals surface area contributed by atoms with E-state index in [1.807, 2.05) is 0 Å². The van der Waals surface area contributed by atoms with Gasteiger partial charge >= 0.3 is 5.97 Å². The van der Waals surface area contributed by atoms with Gasteiger partial charge in [-0.05, 0) is 74.7 Å². The Bertz CT molecular complexity index is 812. The van der Waals surface area contributed by atoms with E-state index < -0.39 is 22.7 Å². The molecular weight excluding hydrogens is 386 g/mol. The van der Waals surface area contributed by atoms with Gasteiger partial charge in [-0.2, -0.15) is 0 Å². The zero-order valence-electron chi connectivity index (χ0n) is 17.6. The van der Waals surface area contributed by atoms with E-state index in [0.717, 1.165) is 24.8 Å². The maximum atomic E-state index is 12.2. The van der Waals surface area contributed by atoms with Gasteiger partial charge in [0, 0.05) is 23.3 Å². The van der Waals surface area contributed by atoms with Gasteiger partial charge in [0.05, 0.1) is 23.5 Å². The first-order valence-corrected chi connectivity index (χ1v) is 11.4. The molecule has 0 aromatic carbocycles. The normalized spacial score (nSPS) is 53.1. The first-order chi connectivity index (χ1) is 14.2. The van der Waals surface area contributed by atoms with Crippen LogP contribution >= 0.6 is 0 Å². The maximum absolute atomic E-state index is 12.2. The first kappa shape index (κ1) is 20.5. The molecule has 30 heavy (non-hydrogen) atoms. The molecule has 7 unspecified atom stereocenters. The number of carbonyl (C=O) groups excluding carboxylic acids is 1. The molecule has 0 bridgehead atoms. The Labute approximate surface area is 176 Å². The van der Waals surface area contributed by atoms with Gasteiger partial charge in [0.15, 0.2) is 0 Å². The molecule has 5 aliphatic rings. The summed E-state index contributed by atoms with van der Waals surface area (Å²) in [6.07, 6.45) is 8.20. The summed E-state index contributed by atoms with van der Waals surface area (Å²) in [5, 5.41) is 47.0. The molecule has 1 heterocycles. The molecule has 5 rings (SSSR count). The Hall–Kier alpha value is -1.44. The van der Waals surface area contributed by atoms with Crippen LogP contribution in [-0.2, 0) is 9.53 Å². The Morgan fingerprint density at radius 2 is 1.87 bits per heavy atom. The molecule has 4 saturated carbocycles. The lowest BCUT2D eigenvalue weighted by Crippen LogP contribution is -2.68. The van der Waals surface area contributed by atoms with E-state index in [9.17, 15) is 25.3 Å². The van der Waals surface area contributed by atoms with Crippen molar-refractivity contribution in [1.29, 1.82) is 0 Å². The molecule has 0 aromatic heterocycles. The van der Waals surface area contributed by atoms with Gasteiger partial charge < -0.3 is 25.3 Å². The Morgan fingerprint density at radius 3 is 2.57 bits per heavy atom. The quantitative estimate of drug-likeness (QED) is 0.236. The molecule has 0 radical (unpaired) electrons. The number of aliphatic hydroxyl groups excluding tert-OH is 1. The predicted octanol–water partition coefficient (Wildman–Crippen LogP) is 2.16. The van der Waals surface area contributed by atoms with E-state index in [4.69, 9.17) is 4.74 Å². The molecule has 1 aliphatic heterocycles. The topological polar surface area (TPSA) is 120 Å². The Balaban J connectivity index is 1.53. The maximum Gasteiger partial charge on any atom is 0.331 e. The van der Waals surface area contributed by atoms with E-state index in [2.05, 4.69) is 12.1 Å². The number of rotatable bonds is 2. The number of ether oxygens (including phenoxy) is 1. The molecule has 0 spiro atoms. The zero-order valence-corrected chi connectivity index (χ0v) is 17.6. The third kappa shape index (κ3) is 2.43. The van der Waals surface area contributed by atoms with Crippen molar-refractivity contribution in [3.63, 3.8) is 0 Å². The van der Waals surface area contributed by atoms with Gasteiger partial charge in [0.1, 0.15) is 6.61 Å². The summed E-state index contributed by atoms with van der Waals surface area (Å²) in [6, 6.07) is 0. The fourth-order valence-corrected chi connectivity index (χ4v) is 8.46. The van der Waals surface area contributed by atoms with E-state index in [1.54, 1.807) is 6.08 Å². The standard InChI is InChI=1S/C23H33NO6/c1-20-6-3-17-18(23(20,28)9-5-16(20)14-10-19(26)30-12-14)4-8-22(27)11-15(25)2-7-21(17,22)13-24-29/h10,13,15-18,25,27-29H,2-9,11-12H2,1H3/b24-13+/t15?,16?,17?,18?,20?,21-,22?,23?/m0/s1. The van der Waals surface area contributed by atoms with Crippen LogP contribution in [0.2, 0.25) is 0 Å². The lowest BCUT2D eigenvalue weighted by Gasteiger charge is -2.65. The van der Waals surface area contributed by atoms with Gasteiger partial charge in [-0.25, -0.2) is 4.79 Å². The summed E-state index contributed by atoms with van der Waals surface area (Å²) in [5.41, 5.74) is -2.11. The smallest absolute Gasteiger partial charge is 0.331 e. The largest absolute Gasteiger partial charge is 0.458 e. The van der Waals surface area contributed by atoms with Crippen LogP contribution in [0.25, 0.3) is 0 Å². The number of aliphatic hydroxyl groups is 3. The fourth-order valence-electron chi connectivity index (χ4n) is 8.46. The van der Waals surface area contributed by atoms with Crippen molar-refractivity contribution in [2.45, 2.75) is 82.0 Å². The highest BCUT2D eigenvalue weighted by Crippen LogP contribution is 2.70. The van der Waals surface area contributed by atoms with Crippen LogP contribution in [0.5, 0.6) is 0 Å². The van der Waals surface area contributed by atoms with Gasteiger partial charge in [0.25, 0.3) is 0 Å². The van der Waals surface area contributed by atoms with Crippen LogP contribution in [-0.4, -0.2) is 56.6 Å². The van der Waals surface area contributed by atoms with Crippen LogP contribution in [0.4, 0.5) is 0 Å². The van der Waals surface area contributed by atoms with E-state index in [1.165, 1.54) is 6.21 Å². The van der Waals surface area contributed by atoms with Crippen molar-refractivity contribution in [2.75, 3.05) is 6.61 Å². The number of nitrogens with zero attached hydrogens (tertiary/aromatic N) is 1. The second kappa shape index (κ2) is 6.53. The number of hydrogen-bond acceptors (Lipinski definition) is 7. The average molecular weight is 420 g/mol. The molecule has 0 saturated heterocycles. The average Bonchev–Trinajstić information content (AvgIpc) is 3.23. The summed E-state index contributed by atoms with van der Waals surface area (Å²) in [5.74, 6) is -0.203. The number of oxime groups is 1. The van der Waals surface area contributed by atoms with Gasteiger partial charge in [-0.3, -0.25) is 0 Å². The summed E-state index contributed by atoms with van der Waals surface area (Å²) in [4.78, 5) is 11.7. The summed E-state index contributed by atoms with van der Waals surface area (Å²) < 4.78 is 5.17. The molecule has 4 aliphatic carbocycles. The number of cyclic esters (lactones) is 1. The molecule has 0 aromatic rings. The van der Waals surface area contributed by atoms with Crippen molar-refractivity contribution in [3.05, 3.63) is 11.6 Å². The fraction of sp³-hybridized carbons (Fsp3) is 0.826. The van der Waals surface area contributed by atoms with Crippen molar-refractivity contribution in [3.8, 4) is 0 Å². The SMILES string of the molecule is CC12CCC3C(CCC4(O)CC(O)CC[C@]34/C=N/O)C1(O)CCC2C1=CC(=O)OC1. The van der Waals surface area contributed by atoms with Crippen LogP contribution in [0.3, 0.4) is 0 Å². The van der Waals surface area contributed by atoms with Crippen molar-refractivity contribution < 1.29 is 30.1 Å². The van der Waals surface area contributed by atoms with Gasteiger partial charge in [-0.1, -0.05) is 6.92 Å². The van der Waals surface area contributed by atoms with E-state index >= 15 is 0 Å². The second-order valence-electron chi connectivity index (χ2n) is 10.8. The van der Waals surface area contributed by atoms with Crippen LogP contribution in [0.1, 0.15) is 64.7 Å². The number of fused-ring (bicyclic) bond motifs is 5. The molecule has 7 heteroatoms. The minimum atomic E-state index is -1.12. The molecule has 0 amide bonds. The van der Waals surface area contributed by atoms with Crippen molar-refractivity contribution >= 4 is 12.2 Å². The molecule has 166 valence electrons. The lowest BCUT2D eigenvalue weighted by atomic mass is 9.41. The number of carbonyl (C=O) groups is 1. The highest BCUT2D eigenvalue weighted by atomic mass is 16.5. The molecule has 7 nitrogen and oxygen atoms in total. The number of hydrogen-bond donors (Lipinski definition) is 4. The van der Waals surface area contributed by atoms with Crippen LogP contribution in [0, 0.1) is 28.6 Å². The van der Waals surface area contributed by atoms with Crippen molar-refractivity contribution in [2.24, 2.45) is 33.7 Å². The molecule has 4 N–H and O–H groups in total. The van der Waals surface area contributed by atoms with E-state index in [0.29, 0.717) is 38.7 Å². The summed E-state index contributed by atoms with van der Waals surface area (Å²) in [6.45, 7) is 2.48. The lowest BCUT2D eigenvalue weighted by molar-refractivity contribution is -0.237. The van der Waals surface area contributed by atoms with Crippen molar-refractivity contribution in [1.82, 2.24) is 0 Å². The monoisotopic (exact) mass is 419 g/mol. The number of esters is 1. The third-order valence-electron chi connectivity index (χ3n) is 9.93. The second-order valence-corrected chi connectivity index (χ2v) is 10.8. The third-order valence-corrected chi connectivity index (χ3v) is 9.93. The molecule has 4 fully saturated rings. The predicted molar refractivity (Wildman–Crippen MR) is 108 cm³/mol. The Morgan fingerprint density at radius 1 is 1.10 bits per heavy atom. The summed E-state index contributed by atoms with van der Waals surface area (Å²) in [7, 11) is 0. The van der Waals surface area contributed by atoms with E-state index in [-0.39, 0.29) is 35.6 Å². The minimum Gasteiger partial charge on any atom is -0.458 e. The summed E-state index contributed by atoms with van der Waals surface area (Å²) >= 11 is 0.